The summed E-state index contributed by atoms with van der Waals surface area (Å²) in [6.07, 6.45) is -3.94. The zero-order valence-corrected chi connectivity index (χ0v) is 7.47. The van der Waals surface area contributed by atoms with Gasteiger partial charge < -0.3 is 10.0 Å². The molecular weight excluding hydrogens is 183 g/mol. The first kappa shape index (κ1) is 10.4. The molecule has 0 aromatic heterocycles. The number of halogens is 3. The van der Waals surface area contributed by atoms with Gasteiger partial charge in [0.1, 0.15) is 12.8 Å². The molecule has 13 heavy (non-hydrogen) atoms. The molecule has 0 aliphatic carbocycles. The summed E-state index contributed by atoms with van der Waals surface area (Å²) >= 11 is 0. The fourth-order valence-corrected chi connectivity index (χ4v) is 1.32. The summed E-state index contributed by atoms with van der Waals surface area (Å²) in [6.45, 7) is 2.33. The van der Waals surface area contributed by atoms with Gasteiger partial charge in [-0.15, -0.1) is 0 Å². The maximum Gasteiger partial charge on any atom is 0.405 e. The molecule has 0 amide bonds. The molecule has 0 saturated carbocycles. The summed E-state index contributed by atoms with van der Waals surface area (Å²) < 4.78 is 35.9. The van der Waals surface area contributed by atoms with Crippen molar-refractivity contribution in [2.75, 3.05) is 6.54 Å². The smallest absolute Gasteiger partial charge is 0.373 e. The molecule has 5 heteroatoms. The highest BCUT2D eigenvalue weighted by Crippen LogP contribution is 2.29. The molecule has 1 aliphatic rings. The molecule has 0 radical (unpaired) electrons. The monoisotopic (exact) mass is 195 g/mol. The summed E-state index contributed by atoms with van der Waals surface area (Å²) in [6, 6.07) is 0. The van der Waals surface area contributed by atoms with E-state index in [1.807, 2.05) is 0 Å². The molecule has 0 saturated heterocycles. The summed E-state index contributed by atoms with van der Waals surface area (Å²) in [5.74, 6) is -0.220. The Labute approximate surface area is 74.6 Å². The Morgan fingerprint density at radius 2 is 2.08 bits per heavy atom. The van der Waals surface area contributed by atoms with Gasteiger partial charge in [-0.3, -0.25) is 0 Å². The van der Waals surface area contributed by atoms with Crippen LogP contribution in [0.2, 0.25) is 0 Å². The van der Waals surface area contributed by atoms with Crippen molar-refractivity contribution in [1.29, 1.82) is 0 Å². The van der Waals surface area contributed by atoms with E-state index >= 15 is 0 Å². The SMILES string of the molecule is CC1=CN(CC(F)(F)F)C(O)C1C. The quantitative estimate of drug-likeness (QED) is 0.688. The molecular formula is C8H12F3NO. The molecule has 1 rings (SSSR count). The van der Waals surface area contributed by atoms with E-state index in [9.17, 15) is 18.3 Å². The van der Waals surface area contributed by atoms with E-state index in [4.69, 9.17) is 0 Å². The van der Waals surface area contributed by atoms with Crippen LogP contribution in [0.4, 0.5) is 13.2 Å². The number of alkyl halides is 3. The van der Waals surface area contributed by atoms with Gasteiger partial charge in [-0.05, 0) is 6.92 Å². The third-order valence-corrected chi connectivity index (χ3v) is 2.24. The van der Waals surface area contributed by atoms with E-state index in [1.54, 1.807) is 13.8 Å². The molecule has 0 spiro atoms. The number of aliphatic hydroxyl groups is 1. The summed E-state index contributed by atoms with van der Waals surface area (Å²) in [7, 11) is 0. The van der Waals surface area contributed by atoms with Crippen molar-refractivity contribution in [2.24, 2.45) is 5.92 Å². The van der Waals surface area contributed by atoms with Gasteiger partial charge in [0.25, 0.3) is 0 Å². The summed E-state index contributed by atoms with van der Waals surface area (Å²) in [5, 5.41) is 9.37. The average molecular weight is 195 g/mol. The highest BCUT2D eigenvalue weighted by Gasteiger charge is 2.36. The average Bonchev–Trinajstić information content (AvgIpc) is 2.15. The van der Waals surface area contributed by atoms with Crippen LogP contribution in [0.25, 0.3) is 0 Å². The molecule has 0 aromatic rings. The lowest BCUT2D eigenvalue weighted by molar-refractivity contribution is -0.157. The van der Waals surface area contributed by atoms with Crippen LogP contribution < -0.4 is 0 Å². The van der Waals surface area contributed by atoms with Gasteiger partial charge >= 0.3 is 6.18 Å². The second-order valence-corrected chi connectivity index (χ2v) is 3.36. The zero-order valence-electron chi connectivity index (χ0n) is 7.47. The van der Waals surface area contributed by atoms with E-state index < -0.39 is 18.9 Å². The van der Waals surface area contributed by atoms with E-state index in [2.05, 4.69) is 0 Å². The van der Waals surface area contributed by atoms with Crippen LogP contribution in [0, 0.1) is 5.92 Å². The van der Waals surface area contributed by atoms with Crippen molar-refractivity contribution in [2.45, 2.75) is 26.3 Å². The van der Waals surface area contributed by atoms with E-state index in [1.165, 1.54) is 6.20 Å². The highest BCUT2D eigenvalue weighted by atomic mass is 19.4. The zero-order chi connectivity index (χ0) is 10.2. The minimum atomic E-state index is -4.26. The molecule has 0 bridgehead atoms. The van der Waals surface area contributed by atoms with Gasteiger partial charge in [0, 0.05) is 12.1 Å². The first-order chi connectivity index (χ1) is 5.81. The Balaban J connectivity index is 2.64. The van der Waals surface area contributed by atoms with E-state index in [0.29, 0.717) is 0 Å². The minimum absolute atomic E-state index is 0.220. The van der Waals surface area contributed by atoms with Crippen LogP contribution in [0.3, 0.4) is 0 Å². The second-order valence-electron chi connectivity index (χ2n) is 3.36. The summed E-state index contributed by atoms with van der Waals surface area (Å²) in [4.78, 5) is 0.917. The predicted molar refractivity (Wildman–Crippen MR) is 41.7 cm³/mol. The lowest BCUT2D eigenvalue weighted by Gasteiger charge is -2.24. The van der Waals surface area contributed by atoms with Gasteiger partial charge in [-0.1, -0.05) is 12.5 Å². The standard InChI is InChI=1S/C8H12F3NO/c1-5-3-12(4-8(9,10)11)7(13)6(5)2/h3,6-7,13H,4H2,1-2H3. The van der Waals surface area contributed by atoms with Crippen LogP contribution in [-0.4, -0.2) is 29.0 Å². The molecule has 2 nitrogen and oxygen atoms in total. The van der Waals surface area contributed by atoms with E-state index in [-0.39, 0.29) is 5.92 Å². The normalized spacial score (nSPS) is 29.4. The van der Waals surface area contributed by atoms with Crippen molar-refractivity contribution in [3.8, 4) is 0 Å². The van der Waals surface area contributed by atoms with Crippen molar-refractivity contribution in [1.82, 2.24) is 4.90 Å². The van der Waals surface area contributed by atoms with E-state index in [0.717, 1.165) is 10.5 Å². The van der Waals surface area contributed by atoms with Gasteiger partial charge in [0.2, 0.25) is 0 Å². The summed E-state index contributed by atoms with van der Waals surface area (Å²) in [5.41, 5.74) is 0.775. The highest BCUT2D eigenvalue weighted by molar-refractivity contribution is 5.11. The molecule has 1 N–H and O–H groups in total. The van der Waals surface area contributed by atoms with Crippen molar-refractivity contribution < 1.29 is 18.3 Å². The Morgan fingerprint density at radius 3 is 2.38 bits per heavy atom. The maximum absolute atomic E-state index is 12.0. The fourth-order valence-electron chi connectivity index (χ4n) is 1.32. The topological polar surface area (TPSA) is 23.5 Å². The lowest BCUT2D eigenvalue weighted by atomic mass is 10.1. The third-order valence-electron chi connectivity index (χ3n) is 2.24. The van der Waals surface area contributed by atoms with Crippen LogP contribution in [0.5, 0.6) is 0 Å². The number of nitrogens with zero attached hydrogens (tertiary/aromatic N) is 1. The molecule has 0 aromatic carbocycles. The Hall–Kier alpha value is -0.710. The number of aliphatic hydroxyl groups excluding tert-OH is 1. The maximum atomic E-state index is 12.0. The first-order valence-corrected chi connectivity index (χ1v) is 4.00. The Bertz CT molecular complexity index is 224. The molecule has 2 atom stereocenters. The van der Waals surface area contributed by atoms with Gasteiger partial charge in [0.05, 0.1) is 0 Å². The van der Waals surface area contributed by atoms with Crippen LogP contribution in [-0.2, 0) is 0 Å². The van der Waals surface area contributed by atoms with Crippen LogP contribution >= 0.6 is 0 Å². The van der Waals surface area contributed by atoms with Crippen molar-refractivity contribution in [3.63, 3.8) is 0 Å². The predicted octanol–water partition coefficient (Wildman–Crippen LogP) is 1.72. The number of hydrogen-bond acceptors (Lipinski definition) is 2. The Morgan fingerprint density at radius 1 is 1.54 bits per heavy atom. The molecule has 76 valence electrons. The number of hydrogen-bond donors (Lipinski definition) is 1. The minimum Gasteiger partial charge on any atom is -0.373 e. The third kappa shape index (κ3) is 2.37. The van der Waals surface area contributed by atoms with Gasteiger partial charge in [-0.2, -0.15) is 13.2 Å². The Kier molecular flexibility index (Phi) is 2.56. The van der Waals surface area contributed by atoms with Gasteiger partial charge in [0.15, 0.2) is 0 Å². The molecule has 1 heterocycles. The lowest BCUT2D eigenvalue weighted by Crippen LogP contribution is -2.37. The molecule has 0 fully saturated rings. The first-order valence-electron chi connectivity index (χ1n) is 4.00. The van der Waals surface area contributed by atoms with Crippen molar-refractivity contribution in [3.05, 3.63) is 11.8 Å². The second kappa shape index (κ2) is 3.21. The molecule has 1 aliphatic heterocycles. The number of rotatable bonds is 1. The largest absolute Gasteiger partial charge is 0.405 e. The van der Waals surface area contributed by atoms with Crippen LogP contribution in [0.1, 0.15) is 13.8 Å². The molecule has 2 unspecified atom stereocenters. The fraction of sp³-hybridized carbons (Fsp3) is 0.750. The van der Waals surface area contributed by atoms with Crippen molar-refractivity contribution >= 4 is 0 Å². The van der Waals surface area contributed by atoms with Crippen LogP contribution in [0.15, 0.2) is 11.8 Å². The van der Waals surface area contributed by atoms with Gasteiger partial charge in [-0.25, -0.2) is 0 Å².